The van der Waals surface area contributed by atoms with Crippen LogP contribution in [-0.4, -0.2) is 35.5 Å². The van der Waals surface area contributed by atoms with Crippen LogP contribution in [0.5, 0.6) is 0 Å². The molecule has 0 spiro atoms. The molecule has 1 aromatic rings. The number of aliphatic hydroxyl groups is 1. The first-order chi connectivity index (χ1) is 10.4. The summed E-state index contributed by atoms with van der Waals surface area (Å²) in [4.78, 5) is 35.6. The molecular formula is C16H16O6. The molecule has 6 heteroatoms. The molecule has 0 saturated carbocycles. The minimum absolute atomic E-state index is 0.0307. The van der Waals surface area contributed by atoms with Gasteiger partial charge in [-0.15, -0.1) is 0 Å². The van der Waals surface area contributed by atoms with Crippen LogP contribution in [0.1, 0.15) is 18.9 Å². The SMILES string of the molecule is COC(=O)C1=C(C)C(O)(C(=O)OCc2ccccc2)CC1=O. The Morgan fingerprint density at radius 1 is 1.27 bits per heavy atom. The summed E-state index contributed by atoms with van der Waals surface area (Å²) in [6.45, 7) is 1.32. The third-order valence-corrected chi connectivity index (χ3v) is 3.63. The number of rotatable bonds is 4. The molecule has 1 N–H and O–H groups in total. The van der Waals surface area contributed by atoms with Crippen LogP contribution in [0.25, 0.3) is 0 Å². The molecule has 1 unspecified atom stereocenters. The zero-order valence-electron chi connectivity index (χ0n) is 12.3. The Hall–Kier alpha value is -2.47. The lowest BCUT2D eigenvalue weighted by Crippen LogP contribution is -2.39. The fourth-order valence-electron chi connectivity index (χ4n) is 2.31. The van der Waals surface area contributed by atoms with Crippen LogP contribution in [0.3, 0.4) is 0 Å². The molecule has 22 heavy (non-hydrogen) atoms. The molecule has 1 aliphatic carbocycles. The van der Waals surface area contributed by atoms with E-state index in [1.165, 1.54) is 6.92 Å². The maximum atomic E-state index is 12.1. The van der Waals surface area contributed by atoms with Crippen molar-refractivity contribution in [2.75, 3.05) is 7.11 Å². The second-order valence-corrected chi connectivity index (χ2v) is 5.01. The molecule has 2 rings (SSSR count). The summed E-state index contributed by atoms with van der Waals surface area (Å²) in [5, 5.41) is 10.4. The maximum Gasteiger partial charge on any atom is 0.343 e. The van der Waals surface area contributed by atoms with E-state index in [0.29, 0.717) is 0 Å². The zero-order valence-corrected chi connectivity index (χ0v) is 12.3. The van der Waals surface area contributed by atoms with Gasteiger partial charge in [-0.1, -0.05) is 30.3 Å². The van der Waals surface area contributed by atoms with Crippen LogP contribution in [-0.2, 0) is 30.5 Å². The summed E-state index contributed by atoms with van der Waals surface area (Å²) in [5.41, 5.74) is -1.70. The van der Waals surface area contributed by atoms with Gasteiger partial charge < -0.3 is 14.6 Å². The molecule has 1 aliphatic rings. The zero-order chi connectivity index (χ0) is 16.3. The molecule has 0 heterocycles. The van der Waals surface area contributed by atoms with Gasteiger partial charge in [0, 0.05) is 0 Å². The molecule has 0 aromatic heterocycles. The Kier molecular flexibility index (Phi) is 4.42. The van der Waals surface area contributed by atoms with Gasteiger partial charge in [0.15, 0.2) is 11.4 Å². The number of methoxy groups -OCH3 is 1. The van der Waals surface area contributed by atoms with Crippen molar-refractivity contribution >= 4 is 17.7 Å². The Labute approximate surface area is 127 Å². The standard InChI is InChI=1S/C16H16O6/c1-10-13(14(18)21-2)12(17)8-16(10,20)15(19)22-9-11-6-4-3-5-7-11/h3-7,20H,8-9H2,1-2H3. The van der Waals surface area contributed by atoms with Crippen molar-refractivity contribution in [3.05, 3.63) is 47.0 Å². The number of ketones is 1. The van der Waals surface area contributed by atoms with Gasteiger partial charge in [-0.05, 0) is 18.1 Å². The number of benzene rings is 1. The molecule has 0 radical (unpaired) electrons. The van der Waals surface area contributed by atoms with Crippen molar-refractivity contribution in [1.82, 2.24) is 0 Å². The lowest BCUT2D eigenvalue weighted by atomic mass is 9.96. The largest absolute Gasteiger partial charge is 0.465 e. The summed E-state index contributed by atoms with van der Waals surface area (Å²) in [6, 6.07) is 8.93. The average Bonchev–Trinajstić information content (AvgIpc) is 2.76. The summed E-state index contributed by atoms with van der Waals surface area (Å²) in [5.74, 6) is -2.46. The smallest absolute Gasteiger partial charge is 0.343 e. The van der Waals surface area contributed by atoms with Crippen LogP contribution < -0.4 is 0 Å². The van der Waals surface area contributed by atoms with Crippen LogP contribution >= 0.6 is 0 Å². The molecule has 0 fully saturated rings. The van der Waals surface area contributed by atoms with Gasteiger partial charge >= 0.3 is 11.9 Å². The van der Waals surface area contributed by atoms with Crippen molar-refractivity contribution in [2.24, 2.45) is 0 Å². The number of ether oxygens (including phenoxy) is 2. The first-order valence-electron chi connectivity index (χ1n) is 6.66. The second kappa shape index (κ2) is 6.11. The van der Waals surface area contributed by atoms with Gasteiger partial charge in [-0.2, -0.15) is 0 Å². The van der Waals surface area contributed by atoms with Crippen molar-refractivity contribution < 1.29 is 29.0 Å². The van der Waals surface area contributed by atoms with Crippen molar-refractivity contribution in [1.29, 1.82) is 0 Å². The number of carbonyl (C=O) groups is 3. The van der Waals surface area contributed by atoms with E-state index in [1.54, 1.807) is 24.3 Å². The number of hydrogen-bond donors (Lipinski definition) is 1. The van der Waals surface area contributed by atoms with Gasteiger partial charge in [0.05, 0.1) is 13.5 Å². The molecule has 6 nitrogen and oxygen atoms in total. The third-order valence-electron chi connectivity index (χ3n) is 3.63. The van der Waals surface area contributed by atoms with Crippen molar-refractivity contribution in [2.45, 2.75) is 25.6 Å². The van der Waals surface area contributed by atoms with Gasteiger partial charge in [0.25, 0.3) is 0 Å². The molecule has 1 atom stereocenters. The number of carbonyl (C=O) groups excluding carboxylic acids is 3. The average molecular weight is 304 g/mol. The lowest BCUT2D eigenvalue weighted by Gasteiger charge is -2.21. The van der Waals surface area contributed by atoms with Crippen LogP contribution in [0, 0.1) is 0 Å². The summed E-state index contributed by atoms with van der Waals surface area (Å²) in [6.07, 6.45) is -0.517. The highest BCUT2D eigenvalue weighted by molar-refractivity contribution is 6.22. The molecule has 1 aromatic carbocycles. The first kappa shape index (κ1) is 15.9. The molecule has 0 aliphatic heterocycles. The van der Waals surface area contributed by atoms with E-state index in [-0.39, 0.29) is 17.8 Å². The van der Waals surface area contributed by atoms with E-state index in [2.05, 4.69) is 4.74 Å². The van der Waals surface area contributed by atoms with Crippen molar-refractivity contribution in [3.8, 4) is 0 Å². The van der Waals surface area contributed by atoms with E-state index in [0.717, 1.165) is 12.7 Å². The van der Waals surface area contributed by atoms with Gasteiger partial charge in [-0.3, -0.25) is 4.79 Å². The summed E-state index contributed by atoms with van der Waals surface area (Å²) in [7, 11) is 1.13. The van der Waals surface area contributed by atoms with E-state index < -0.39 is 29.7 Å². The molecule has 0 bridgehead atoms. The normalized spacial score (nSPS) is 21.0. The third kappa shape index (κ3) is 2.78. The molecule has 116 valence electrons. The predicted octanol–water partition coefficient (Wildman–Crippen LogP) is 0.923. The first-order valence-corrected chi connectivity index (χ1v) is 6.66. The molecule has 0 saturated heterocycles. The Morgan fingerprint density at radius 3 is 2.50 bits per heavy atom. The predicted molar refractivity (Wildman–Crippen MR) is 75.5 cm³/mol. The van der Waals surface area contributed by atoms with Gasteiger partial charge in [0.1, 0.15) is 12.2 Å². The van der Waals surface area contributed by atoms with Crippen molar-refractivity contribution in [3.63, 3.8) is 0 Å². The van der Waals surface area contributed by atoms with Gasteiger partial charge in [-0.25, -0.2) is 9.59 Å². The monoisotopic (exact) mass is 304 g/mol. The topological polar surface area (TPSA) is 89.9 Å². The highest BCUT2D eigenvalue weighted by Gasteiger charge is 2.51. The fraction of sp³-hybridized carbons (Fsp3) is 0.312. The second-order valence-electron chi connectivity index (χ2n) is 5.01. The molecule has 0 amide bonds. The number of hydrogen-bond acceptors (Lipinski definition) is 6. The van der Waals surface area contributed by atoms with E-state index >= 15 is 0 Å². The van der Waals surface area contributed by atoms with E-state index in [1.807, 2.05) is 6.07 Å². The van der Waals surface area contributed by atoms with E-state index in [4.69, 9.17) is 4.74 Å². The Morgan fingerprint density at radius 2 is 1.91 bits per heavy atom. The van der Waals surface area contributed by atoms with Crippen LogP contribution in [0.15, 0.2) is 41.5 Å². The number of Topliss-reactive ketones (excluding diaryl/α,β-unsaturated/α-hetero) is 1. The summed E-state index contributed by atoms with van der Waals surface area (Å²) >= 11 is 0. The molecular weight excluding hydrogens is 288 g/mol. The highest BCUT2D eigenvalue weighted by Crippen LogP contribution is 2.35. The Bertz CT molecular complexity index is 646. The van der Waals surface area contributed by atoms with Crippen LogP contribution in [0.2, 0.25) is 0 Å². The Balaban J connectivity index is 2.17. The fourth-order valence-corrected chi connectivity index (χ4v) is 2.31. The highest BCUT2D eigenvalue weighted by atomic mass is 16.6. The maximum absolute atomic E-state index is 12.1. The minimum Gasteiger partial charge on any atom is -0.465 e. The minimum atomic E-state index is -2.12. The van der Waals surface area contributed by atoms with Gasteiger partial charge in [0.2, 0.25) is 0 Å². The van der Waals surface area contributed by atoms with Crippen LogP contribution in [0.4, 0.5) is 0 Å². The summed E-state index contributed by atoms with van der Waals surface area (Å²) < 4.78 is 9.56. The number of esters is 2. The quantitative estimate of drug-likeness (QED) is 0.657. The van der Waals surface area contributed by atoms with E-state index in [9.17, 15) is 19.5 Å². The lowest BCUT2D eigenvalue weighted by molar-refractivity contribution is -0.163.